The Bertz CT molecular complexity index is 1580. The number of hydrogen-bond acceptors (Lipinski definition) is 4. The van der Waals surface area contributed by atoms with Gasteiger partial charge in [0.1, 0.15) is 0 Å². The fraction of sp³-hybridized carbons (Fsp3) is 0.385. The molecule has 4 nitrogen and oxygen atoms in total. The molecule has 2 unspecified atom stereocenters. The number of aryl methyl sites for hydroxylation is 4. The van der Waals surface area contributed by atoms with Crippen LogP contribution in [0.1, 0.15) is 70.2 Å². The first-order valence-electron chi connectivity index (χ1n) is 15.2. The Balaban J connectivity index is 0.000000324. The van der Waals surface area contributed by atoms with Crippen molar-refractivity contribution in [1.29, 1.82) is 0 Å². The molecule has 1 radical (unpaired) electrons. The maximum Gasteiger partial charge on any atom is 0.0881 e. The summed E-state index contributed by atoms with van der Waals surface area (Å²) < 4.78 is 0. The summed E-state index contributed by atoms with van der Waals surface area (Å²) in [5.74, 6) is 0. The van der Waals surface area contributed by atoms with Crippen LogP contribution in [0.25, 0.3) is 44.3 Å². The van der Waals surface area contributed by atoms with Gasteiger partial charge in [-0.3, -0.25) is 9.97 Å². The zero-order chi connectivity index (χ0) is 31.7. The summed E-state index contributed by atoms with van der Waals surface area (Å²) in [7, 11) is 0. The van der Waals surface area contributed by atoms with Gasteiger partial charge in [0.15, 0.2) is 0 Å². The molecule has 235 valence electrons. The summed E-state index contributed by atoms with van der Waals surface area (Å²) in [5, 5.41) is 21.9. The molecule has 1 aromatic heterocycles. The fourth-order valence-corrected chi connectivity index (χ4v) is 5.18. The smallest absolute Gasteiger partial charge is 0.0881 e. The molecule has 0 aliphatic carbocycles. The average molecular weight is 768 g/mol. The number of rotatable bonds is 4. The van der Waals surface area contributed by atoms with Gasteiger partial charge in [0.25, 0.3) is 0 Å². The fourth-order valence-electron chi connectivity index (χ4n) is 5.18. The third-order valence-electron chi connectivity index (χ3n) is 7.88. The minimum Gasteiger partial charge on any atom is -0.392 e. The molecule has 2 atom stereocenters. The van der Waals surface area contributed by atoms with Crippen molar-refractivity contribution in [3.63, 3.8) is 0 Å². The molecule has 0 aliphatic heterocycles. The molecule has 2 N–H and O–H groups in total. The van der Waals surface area contributed by atoms with E-state index >= 15 is 0 Å². The molecule has 0 spiro atoms. The summed E-state index contributed by atoms with van der Waals surface area (Å²) in [4.78, 5) is 10.3. The molecular weight excluding hydrogens is 721 g/mol. The van der Waals surface area contributed by atoms with E-state index in [1.807, 2.05) is 41.5 Å². The van der Waals surface area contributed by atoms with Gasteiger partial charge in [-0.05, 0) is 53.1 Å². The predicted octanol–water partition coefficient (Wildman–Crippen LogP) is 9.34. The Morgan fingerprint density at radius 1 is 0.636 bits per heavy atom. The average Bonchev–Trinajstić information content (AvgIpc) is 2.89. The molecule has 44 heavy (non-hydrogen) atoms. The first-order valence-corrected chi connectivity index (χ1v) is 15.2. The van der Waals surface area contributed by atoms with Crippen molar-refractivity contribution < 1.29 is 30.3 Å². The molecule has 1 heterocycles. The van der Waals surface area contributed by atoms with Gasteiger partial charge in [-0.15, -0.1) is 34.9 Å². The zero-order valence-corrected chi connectivity index (χ0v) is 30.2. The van der Waals surface area contributed by atoms with Gasteiger partial charge in [0, 0.05) is 32.2 Å². The molecule has 0 fully saturated rings. The number of aliphatic hydroxyl groups is 2. The van der Waals surface area contributed by atoms with E-state index in [0.717, 1.165) is 39.1 Å². The van der Waals surface area contributed by atoms with Gasteiger partial charge in [-0.2, -0.15) is 0 Å². The van der Waals surface area contributed by atoms with Crippen molar-refractivity contribution in [3.05, 3.63) is 95.1 Å². The molecular formula is C39H47IrN2O2-. The number of nitrogens with zero attached hydrogens (tertiary/aromatic N) is 2. The van der Waals surface area contributed by atoms with Crippen LogP contribution in [0.5, 0.6) is 0 Å². The standard InChI is InChI=1S/C28H23N2.C11H24O2.Ir/c1-17-9-18(2)12-23(11-17)27-28(24-13-19(3)10-20(4)14-24)30-26-16-22-8-6-5-7-21(22)15-25(26)29-27;1-10(2,3)8(12)7-9(13)11(4,5)6;/h5-13,15-16H,1-4H3;8-9,12-13H,7H2,1-6H3;/q-1;;. The van der Waals surface area contributed by atoms with E-state index in [4.69, 9.17) is 9.97 Å². The molecule has 0 saturated heterocycles. The molecule has 5 heteroatoms. The Morgan fingerprint density at radius 2 is 1.09 bits per heavy atom. The van der Waals surface area contributed by atoms with Crippen LogP contribution in [0.2, 0.25) is 0 Å². The van der Waals surface area contributed by atoms with E-state index in [1.54, 1.807) is 0 Å². The molecule has 0 bridgehead atoms. The minimum absolute atomic E-state index is 0. The minimum atomic E-state index is -0.443. The van der Waals surface area contributed by atoms with Gasteiger partial charge in [-0.1, -0.05) is 109 Å². The number of benzene rings is 4. The topological polar surface area (TPSA) is 66.2 Å². The van der Waals surface area contributed by atoms with Crippen molar-refractivity contribution in [2.24, 2.45) is 10.8 Å². The second-order valence-corrected chi connectivity index (χ2v) is 14.2. The molecule has 4 aromatic carbocycles. The zero-order valence-electron chi connectivity index (χ0n) is 27.8. The number of aromatic nitrogens is 2. The van der Waals surface area contributed by atoms with E-state index in [-0.39, 0.29) is 30.9 Å². The Morgan fingerprint density at radius 3 is 1.55 bits per heavy atom. The number of hydrogen-bond donors (Lipinski definition) is 2. The third kappa shape index (κ3) is 8.82. The summed E-state index contributed by atoms with van der Waals surface area (Å²) in [5.41, 5.74) is 10.2. The van der Waals surface area contributed by atoms with E-state index in [9.17, 15) is 10.2 Å². The van der Waals surface area contributed by atoms with Crippen LogP contribution in [-0.4, -0.2) is 32.4 Å². The van der Waals surface area contributed by atoms with Crippen LogP contribution in [-0.2, 0) is 20.1 Å². The Labute approximate surface area is 277 Å². The SMILES string of the molecule is CC(C)(C)C(O)CC(O)C(C)(C)C.Cc1[c-]c(-c2nc3cc4ccccc4cc3nc2-c2cc(C)cc(C)c2)cc(C)c1.[Ir]. The van der Waals surface area contributed by atoms with Gasteiger partial charge < -0.3 is 10.2 Å². The van der Waals surface area contributed by atoms with Crippen molar-refractivity contribution >= 4 is 21.8 Å². The first-order chi connectivity index (χ1) is 20.0. The molecule has 5 aromatic rings. The van der Waals surface area contributed by atoms with E-state index in [0.29, 0.717) is 6.42 Å². The maximum atomic E-state index is 9.76. The first kappa shape index (κ1) is 35.5. The van der Waals surface area contributed by atoms with Gasteiger partial charge in [0.2, 0.25) is 0 Å². The largest absolute Gasteiger partial charge is 0.392 e. The summed E-state index contributed by atoms with van der Waals surface area (Å²) in [6.45, 7) is 20.3. The second-order valence-electron chi connectivity index (χ2n) is 14.2. The van der Waals surface area contributed by atoms with Crippen LogP contribution in [0.4, 0.5) is 0 Å². The van der Waals surface area contributed by atoms with Crippen LogP contribution in [0, 0.1) is 44.6 Å². The van der Waals surface area contributed by atoms with Gasteiger partial charge in [-0.25, -0.2) is 0 Å². The van der Waals surface area contributed by atoms with E-state index in [1.165, 1.54) is 27.5 Å². The third-order valence-corrected chi connectivity index (χ3v) is 7.88. The van der Waals surface area contributed by atoms with Crippen molar-refractivity contribution in [3.8, 4) is 22.5 Å². The van der Waals surface area contributed by atoms with E-state index in [2.05, 4.69) is 100 Å². The van der Waals surface area contributed by atoms with Crippen molar-refractivity contribution in [2.45, 2.75) is 87.9 Å². The van der Waals surface area contributed by atoms with Gasteiger partial charge in [0.05, 0.1) is 28.9 Å². The van der Waals surface area contributed by atoms with Crippen LogP contribution in [0.15, 0.2) is 66.7 Å². The summed E-state index contributed by atoms with van der Waals surface area (Å²) >= 11 is 0. The molecule has 0 saturated carbocycles. The second kappa shape index (κ2) is 14.0. The summed E-state index contributed by atoms with van der Waals surface area (Å²) in [6, 6.07) is 27.0. The molecule has 0 amide bonds. The van der Waals surface area contributed by atoms with Gasteiger partial charge >= 0.3 is 0 Å². The Kier molecular flexibility index (Phi) is 11.3. The normalized spacial score (nSPS) is 13.2. The van der Waals surface area contributed by atoms with Crippen LogP contribution >= 0.6 is 0 Å². The van der Waals surface area contributed by atoms with Crippen LogP contribution < -0.4 is 0 Å². The molecule has 0 aliphatic rings. The quantitative estimate of drug-likeness (QED) is 0.141. The maximum absolute atomic E-state index is 9.76. The Hall–Kier alpha value is -2.95. The number of aliphatic hydroxyl groups excluding tert-OH is 2. The predicted molar refractivity (Wildman–Crippen MR) is 181 cm³/mol. The monoisotopic (exact) mass is 768 g/mol. The van der Waals surface area contributed by atoms with Crippen LogP contribution in [0.3, 0.4) is 0 Å². The van der Waals surface area contributed by atoms with Crippen molar-refractivity contribution in [2.75, 3.05) is 0 Å². The molecule has 5 rings (SSSR count). The van der Waals surface area contributed by atoms with Crippen molar-refractivity contribution in [1.82, 2.24) is 9.97 Å². The number of fused-ring (bicyclic) bond motifs is 2. The summed E-state index contributed by atoms with van der Waals surface area (Å²) in [6.07, 6.45) is -0.434. The van der Waals surface area contributed by atoms with E-state index < -0.39 is 12.2 Å².